The number of imide groups is 1. The molecule has 2 bridgehead atoms. The Morgan fingerprint density at radius 1 is 0.943 bits per heavy atom. The molecule has 0 aromatic heterocycles. The molecule has 5 heterocycles. The molecule has 70 heavy (non-hydrogen) atoms. The second-order valence-corrected chi connectivity index (χ2v) is 22.6. The number of halogens is 3. The number of ether oxygens (including phenoxy) is 1. The number of piperazine rings is 1. The summed E-state index contributed by atoms with van der Waals surface area (Å²) >= 11 is 12.9. The van der Waals surface area contributed by atoms with E-state index >= 15 is 4.39 Å². The van der Waals surface area contributed by atoms with E-state index in [0.29, 0.717) is 59.1 Å². The number of fused-ring (bicyclic) bond motifs is 3. The molecular formula is C53H57Cl2FN8O6. The van der Waals surface area contributed by atoms with E-state index in [-0.39, 0.29) is 57.6 Å². The number of carbonyl (C=O) groups excluding carboxylic acids is 5. The number of hydrogen-bond donors (Lipinski definition) is 5. The molecule has 4 aromatic rings. The summed E-state index contributed by atoms with van der Waals surface area (Å²) in [6.45, 7) is 10.6. The van der Waals surface area contributed by atoms with Gasteiger partial charge < -0.3 is 35.8 Å². The molecular weight excluding hydrogens is 935 g/mol. The van der Waals surface area contributed by atoms with Crippen molar-refractivity contribution in [2.45, 2.75) is 106 Å². The summed E-state index contributed by atoms with van der Waals surface area (Å²) in [5.41, 5.74) is 4.34. The average molecular weight is 992 g/mol. The smallest absolute Gasteiger partial charge is 0.255 e. The molecule has 1 unspecified atom stereocenters. The zero-order valence-corrected chi connectivity index (χ0v) is 41.2. The summed E-state index contributed by atoms with van der Waals surface area (Å²) in [4.78, 5) is 72.6. The monoisotopic (exact) mass is 990 g/mol. The van der Waals surface area contributed by atoms with Crippen LogP contribution in [0.4, 0.5) is 21.5 Å². The van der Waals surface area contributed by atoms with Crippen molar-refractivity contribution in [2.75, 3.05) is 55.4 Å². The quantitative estimate of drug-likeness (QED) is 0.105. The van der Waals surface area contributed by atoms with Gasteiger partial charge in [0.25, 0.3) is 11.8 Å². The number of rotatable bonds is 10. The standard InChI is InChI=1S/C53H57Cl2FN8O6/c1-50(2,3)23-41-53(28-57-38-22-31(54)9-12-35(38)53)43(34-6-5-7-36(55)44(34)56)45(59-41)48(68)58-37-13-8-29(21-40(37)70-4)46(66)61-51-25-52(26-51,27-51)63-18-16-62(17-19-63)32-10-11-33-30(20-32)24-64(49(33)69)39-14-15-42(65)60-47(39)67/h5-13,20-22,39,41,43,45,57,59H,14-19,23-28H2,1-4H3,(H,58,68)(H,61,66)(H,60,65,67)/t39?,41-,43-,45+,51?,52?,53-/m0/s1. The second-order valence-electron chi connectivity index (χ2n) is 21.8. The largest absolute Gasteiger partial charge is 0.495 e. The highest BCUT2D eigenvalue weighted by molar-refractivity contribution is 6.31. The molecule has 5 amide bonds. The van der Waals surface area contributed by atoms with Crippen molar-refractivity contribution in [3.05, 3.63) is 116 Å². The van der Waals surface area contributed by atoms with Crippen LogP contribution in [-0.2, 0) is 26.3 Å². The average Bonchev–Trinajstić information content (AvgIpc) is 3.95. The van der Waals surface area contributed by atoms with Gasteiger partial charge in [-0.3, -0.25) is 34.2 Å². The minimum atomic E-state index is -0.887. The Bertz CT molecular complexity index is 2860. The van der Waals surface area contributed by atoms with Crippen molar-refractivity contribution in [1.29, 1.82) is 0 Å². The summed E-state index contributed by atoms with van der Waals surface area (Å²) in [7, 11) is 1.50. The van der Waals surface area contributed by atoms with Gasteiger partial charge in [0, 0.05) is 102 Å². The third-order valence-corrected chi connectivity index (χ3v) is 16.8. The topological polar surface area (TPSA) is 164 Å². The summed E-state index contributed by atoms with van der Waals surface area (Å²) in [5.74, 6) is -2.40. The van der Waals surface area contributed by atoms with Crippen LogP contribution in [0.3, 0.4) is 0 Å². The molecule has 5 N–H and O–H groups in total. The van der Waals surface area contributed by atoms with Crippen LogP contribution < -0.4 is 36.2 Å². The van der Waals surface area contributed by atoms with Crippen LogP contribution in [0, 0.1) is 11.2 Å². The highest BCUT2D eigenvalue weighted by Crippen LogP contribution is 2.64. The van der Waals surface area contributed by atoms with E-state index in [4.69, 9.17) is 27.9 Å². The van der Waals surface area contributed by atoms with E-state index in [2.05, 4.69) is 63.2 Å². The Kier molecular flexibility index (Phi) is 11.3. The lowest BCUT2D eigenvalue weighted by molar-refractivity contribution is -0.175. The molecule has 17 heteroatoms. The van der Waals surface area contributed by atoms with Gasteiger partial charge in [-0.1, -0.05) is 62.2 Å². The fourth-order valence-electron chi connectivity index (χ4n) is 13.1. The predicted molar refractivity (Wildman–Crippen MR) is 265 cm³/mol. The molecule has 5 atom stereocenters. The minimum absolute atomic E-state index is 0.0201. The predicted octanol–water partition coefficient (Wildman–Crippen LogP) is 6.99. The number of nitrogens with one attached hydrogen (secondary N) is 5. The molecule has 366 valence electrons. The minimum Gasteiger partial charge on any atom is -0.495 e. The normalized spacial score (nSPS) is 28.9. The number of piperidine rings is 1. The van der Waals surface area contributed by atoms with Crippen molar-refractivity contribution in [3.63, 3.8) is 0 Å². The van der Waals surface area contributed by atoms with Gasteiger partial charge in [0.05, 0.1) is 23.9 Å². The Morgan fingerprint density at radius 2 is 1.71 bits per heavy atom. The zero-order valence-electron chi connectivity index (χ0n) is 39.6. The first-order valence-electron chi connectivity index (χ1n) is 24.2. The highest BCUT2D eigenvalue weighted by Gasteiger charge is 2.71. The van der Waals surface area contributed by atoms with Crippen LogP contribution >= 0.6 is 23.2 Å². The van der Waals surface area contributed by atoms with Gasteiger partial charge in [-0.25, -0.2) is 4.39 Å². The van der Waals surface area contributed by atoms with Crippen LogP contribution in [0.25, 0.3) is 0 Å². The van der Waals surface area contributed by atoms with E-state index in [1.165, 1.54) is 13.2 Å². The molecule has 6 fully saturated rings. The van der Waals surface area contributed by atoms with Crippen LogP contribution in [0.5, 0.6) is 5.75 Å². The Hall–Kier alpha value is -5.74. The molecule has 0 radical (unpaired) electrons. The van der Waals surface area contributed by atoms with Gasteiger partial charge in [0.2, 0.25) is 17.7 Å². The second kappa shape index (κ2) is 17.0. The molecule has 1 spiro atoms. The lowest BCUT2D eigenvalue weighted by atomic mass is 9.43. The summed E-state index contributed by atoms with van der Waals surface area (Å²) in [6.07, 6.45) is 3.82. The fraction of sp³-hybridized carbons (Fsp3) is 0.453. The number of benzene rings is 4. The molecule has 3 saturated heterocycles. The van der Waals surface area contributed by atoms with Crippen LogP contribution in [-0.4, -0.2) is 108 Å². The summed E-state index contributed by atoms with van der Waals surface area (Å²) < 4.78 is 22.1. The number of methoxy groups -OCH3 is 1. The molecule has 14 nitrogen and oxygen atoms in total. The van der Waals surface area contributed by atoms with Crippen LogP contribution in [0.1, 0.15) is 103 Å². The molecule has 12 rings (SSSR count). The van der Waals surface area contributed by atoms with E-state index < -0.39 is 35.1 Å². The van der Waals surface area contributed by atoms with Gasteiger partial charge in [-0.15, -0.1) is 0 Å². The van der Waals surface area contributed by atoms with Gasteiger partial charge >= 0.3 is 0 Å². The number of carbonyl (C=O) groups is 5. The van der Waals surface area contributed by atoms with Gasteiger partial charge in [-0.05, 0) is 109 Å². The Morgan fingerprint density at radius 3 is 2.44 bits per heavy atom. The van der Waals surface area contributed by atoms with E-state index in [1.807, 2.05) is 30.3 Å². The van der Waals surface area contributed by atoms with Crippen molar-refractivity contribution >= 4 is 69.8 Å². The van der Waals surface area contributed by atoms with Crippen molar-refractivity contribution in [3.8, 4) is 5.75 Å². The maximum Gasteiger partial charge on any atom is 0.255 e. The molecule has 3 aliphatic carbocycles. The third kappa shape index (κ3) is 7.69. The van der Waals surface area contributed by atoms with Gasteiger partial charge in [-0.2, -0.15) is 0 Å². The van der Waals surface area contributed by atoms with Crippen molar-refractivity contribution in [2.24, 2.45) is 5.41 Å². The molecule has 3 saturated carbocycles. The van der Waals surface area contributed by atoms with E-state index in [9.17, 15) is 24.0 Å². The van der Waals surface area contributed by atoms with E-state index in [0.717, 1.165) is 67.9 Å². The number of nitrogens with zero attached hydrogens (tertiary/aromatic N) is 3. The maximum atomic E-state index is 16.3. The van der Waals surface area contributed by atoms with Crippen molar-refractivity contribution < 1.29 is 33.1 Å². The molecule has 4 aromatic carbocycles. The number of amides is 5. The third-order valence-electron chi connectivity index (χ3n) is 16.3. The first-order valence-corrected chi connectivity index (χ1v) is 25.0. The lowest BCUT2D eigenvalue weighted by Gasteiger charge is -2.74. The number of anilines is 3. The highest BCUT2D eigenvalue weighted by atomic mass is 35.5. The first-order chi connectivity index (χ1) is 33.4. The Labute approximate surface area is 416 Å². The van der Waals surface area contributed by atoms with Gasteiger partial charge in [0.1, 0.15) is 17.6 Å². The molecule has 8 aliphatic rings. The van der Waals surface area contributed by atoms with Crippen LogP contribution in [0.15, 0.2) is 72.8 Å². The lowest BCUT2D eigenvalue weighted by Crippen LogP contribution is -2.84. The summed E-state index contributed by atoms with van der Waals surface area (Å²) in [6, 6.07) is 19.8. The fourth-order valence-corrected chi connectivity index (χ4v) is 13.5. The number of hydrogen-bond acceptors (Lipinski definition) is 10. The zero-order chi connectivity index (χ0) is 49.1. The Balaban J connectivity index is 0.739. The van der Waals surface area contributed by atoms with Crippen molar-refractivity contribution in [1.82, 2.24) is 25.8 Å². The van der Waals surface area contributed by atoms with E-state index in [1.54, 1.807) is 35.2 Å². The molecule has 5 aliphatic heterocycles. The van der Waals surface area contributed by atoms with Crippen LogP contribution in [0.2, 0.25) is 10.0 Å². The summed E-state index contributed by atoms with van der Waals surface area (Å²) in [5, 5.41) is 16.6. The van der Waals surface area contributed by atoms with Gasteiger partial charge in [0.15, 0.2) is 0 Å². The maximum absolute atomic E-state index is 16.3. The SMILES string of the molecule is COc1cc(C(=O)NC23CC(N4CCN(c5ccc6c(c5)CN(C5CCC(=O)NC5=O)C6=O)CC4)(C2)C3)ccc1NC(=O)[C@@H]1N[C@@H](CC(C)(C)C)[C@@]2(CNc3cc(Cl)ccc32)[C@H]1c1cccc(Cl)c1F. The first kappa shape index (κ1) is 46.6.